The van der Waals surface area contributed by atoms with Gasteiger partial charge in [-0.25, -0.2) is 0 Å². The summed E-state index contributed by atoms with van der Waals surface area (Å²) >= 11 is 0. The molecule has 0 fully saturated rings. The van der Waals surface area contributed by atoms with Crippen molar-refractivity contribution >= 4 is 0 Å². The number of aliphatic hydroxyl groups is 1. The Hall–Kier alpha value is -1.34. The molecule has 16 heavy (non-hydrogen) atoms. The summed E-state index contributed by atoms with van der Waals surface area (Å²) in [5, 5.41) is 9.78. The molecule has 0 heterocycles. The lowest BCUT2D eigenvalue weighted by molar-refractivity contribution is 0.198. The Morgan fingerprint density at radius 3 is 2.44 bits per heavy atom. The van der Waals surface area contributed by atoms with E-state index in [1.807, 2.05) is 25.1 Å². The van der Waals surface area contributed by atoms with Gasteiger partial charge in [-0.1, -0.05) is 47.6 Å². The summed E-state index contributed by atoms with van der Waals surface area (Å²) in [4.78, 5) is 0. The molecule has 1 aliphatic carbocycles. The largest absolute Gasteiger partial charge is 0.389 e. The summed E-state index contributed by atoms with van der Waals surface area (Å²) in [5.74, 6) is 0.339. The van der Waals surface area contributed by atoms with Crippen molar-refractivity contribution in [1.29, 1.82) is 0 Å². The zero-order chi connectivity index (χ0) is 11.7. The fourth-order valence-corrected chi connectivity index (χ4v) is 2.27. The van der Waals surface area contributed by atoms with Gasteiger partial charge in [0.1, 0.15) is 0 Å². The highest BCUT2D eigenvalue weighted by Gasteiger charge is 2.20. The third-order valence-electron chi connectivity index (χ3n) is 3.41. The molecule has 0 aliphatic heterocycles. The van der Waals surface area contributed by atoms with Gasteiger partial charge in [0.2, 0.25) is 0 Å². The second-order valence-electron chi connectivity index (χ2n) is 4.51. The molecule has 0 saturated carbocycles. The first-order valence-corrected chi connectivity index (χ1v) is 5.73. The minimum Gasteiger partial charge on any atom is -0.389 e. The summed E-state index contributed by atoms with van der Waals surface area (Å²) in [6, 6.07) is 8.14. The van der Waals surface area contributed by atoms with E-state index in [-0.39, 0.29) is 0 Å². The molecular formula is C15H18O. The normalized spacial score (nSPS) is 21.6. The molecule has 1 aliphatic rings. The fraction of sp³-hybridized carbons (Fsp3) is 0.333. The molecule has 1 aromatic rings. The summed E-state index contributed by atoms with van der Waals surface area (Å²) in [7, 11) is 0. The van der Waals surface area contributed by atoms with E-state index in [0.29, 0.717) is 5.92 Å². The van der Waals surface area contributed by atoms with Gasteiger partial charge in [0.25, 0.3) is 0 Å². The minimum atomic E-state index is -0.404. The van der Waals surface area contributed by atoms with Crippen molar-refractivity contribution in [2.45, 2.75) is 32.8 Å². The summed E-state index contributed by atoms with van der Waals surface area (Å²) in [6.07, 6.45) is 3.98. The lowest BCUT2D eigenvalue weighted by Crippen LogP contribution is -2.03. The van der Waals surface area contributed by atoms with Crippen LogP contribution in [-0.2, 0) is 0 Å². The van der Waals surface area contributed by atoms with Crippen LogP contribution in [0, 0.1) is 0 Å². The average molecular weight is 214 g/mol. The van der Waals surface area contributed by atoms with Gasteiger partial charge in [0, 0.05) is 5.92 Å². The van der Waals surface area contributed by atoms with E-state index in [1.54, 1.807) is 0 Å². The van der Waals surface area contributed by atoms with Crippen LogP contribution in [0.1, 0.15) is 43.9 Å². The van der Waals surface area contributed by atoms with E-state index in [9.17, 15) is 5.11 Å². The van der Waals surface area contributed by atoms with Gasteiger partial charge < -0.3 is 5.11 Å². The van der Waals surface area contributed by atoms with Crippen molar-refractivity contribution in [3.8, 4) is 0 Å². The van der Waals surface area contributed by atoms with E-state index in [0.717, 1.165) is 5.56 Å². The first-order valence-electron chi connectivity index (χ1n) is 5.73. The highest BCUT2D eigenvalue weighted by Crippen LogP contribution is 2.36. The van der Waals surface area contributed by atoms with Crippen LogP contribution in [0.2, 0.25) is 0 Å². The van der Waals surface area contributed by atoms with Crippen molar-refractivity contribution < 1.29 is 5.11 Å². The number of allylic oxidation sites excluding steroid dienone is 4. The van der Waals surface area contributed by atoms with Gasteiger partial charge in [-0.3, -0.25) is 0 Å². The van der Waals surface area contributed by atoms with E-state index in [4.69, 9.17) is 0 Å². The van der Waals surface area contributed by atoms with Crippen molar-refractivity contribution in [2.75, 3.05) is 0 Å². The van der Waals surface area contributed by atoms with Gasteiger partial charge in [0.15, 0.2) is 0 Å². The maximum atomic E-state index is 9.78. The number of aliphatic hydroxyl groups excluding tert-OH is 1. The van der Waals surface area contributed by atoms with Crippen LogP contribution >= 0.6 is 0 Å². The van der Waals surface area contributed by atoms with Gasteiger partial charge >= 0.3 is 0 Å². The third-order valence-corrected chi connectivity index (χ3v) is 3.41. The van der Waals surface area contributed by atoms with E-state index in [1.165, 1.54) is 16.7 Å². The number of hydrogen-bond acceptors (Lipinski definition) is 1. The van der Waals surface area contributed by atoms with Crippen LogP contribution in [-0.4, -0.2) is 5.11 Å². The van der Waals surface area contributed by atoms with Crippen LogP contribution in [0.3, 0.4) is 0 Å². The molecule has 0 radical (unpaired) electrons. The van der Waals surface area contributed by atoms with Gasteiger partial charge in [-0.05, 0) is 31.9 Å². The Labute approximate surface area is 97.1 Å². The lowest BCUT2D eigenvalue weighted by atomic mass is 9.88. The summed E-state index contributed by atoms with van der Waals surface area (Å²) < 4.78 is 0. The third kappa shape index (κ3) is 1.83. The molecule has 0 saturated heterocycles. The quantitative estimate of drug-likeness (QED) is 0.795. The van der Waals surface area contributed by atoms with Gasteiger partial charge in [0.05, 0.1) is 6.10 Å². The van der Waals surface area contributed by atoms with E-state index in [2.05, 4.69) is 32.1 Å². The second kappa shape index (κ2) is 4.26. The lowest BCUT2D eigenvalue weighted by Gasteiger charge is -2.18. The Morgan fingerprint density at radius 1 is 1.19 bits per heavy atom. The molecular weight excluding hydrogens is 196 g/mol. The Morgan fingerprint density at radius 2 is 1.88 bits per heavy atom. The molecule has 0 amide bonds. The predicted octanol–water partition coefficient (Wildman–Crippen LogP) is 3.73. The molecule has 2 rings (SSSR count). The minimum absolute atomic E-state index is 0.339. The first kappa shape index (κ1) is 11.2. The molecule has 1 heteroatoms. The predicted molar refractivity (Wildman–Crippen MR) is 67.3 cm³/mol. The van der Waals surface area contributed by atoms with Crippen LogP contribution < -0.4 is 0 Å². The van der Waals surface area contributed by atoms with Crippen LogP contribution in [0.25, 0.3) is 0 Å². The van der Waals surface area contributed by atoms with Crippen molar-refractivity contribution in [2.24, 2.45) is 0 Å². The van der Waals surface area contributed by atoms with Crippen LogP contribution in [0.15, 0.2) is 47.6 Å². The molecule has 1 aromatic carbocycles. The highest BCUT2D eigenvalue weighted by molar-refractivity contribution is 5.47. The molecule has 0 aromatic heterocycles. The Balaban J connectivity index is 2.46. The smallest absolute Gasteiger partial charge is 0.0764 e. The second-order valence-corrected chi connectivity index (χ2v) is 4.51. The zero-order valence-electron chi connectivity index (χ0n) is 10.1. The molecule has 1 nitrogen and oxygen atoms in total. The fourth-order valence-electron chi connectivity index (χ4n) is 2.27. The molecule has 2 unspecified atom stereocenters. The average Bonchev–Trinajstić information content (AvgIpc) is 2.60. The maximum absolute atomic E-state index is 9.78. The standard InChI is InChI=1S/C15H18O/c1-10-8-9-13(11(10)2)15-7-5-4-6-14(15)12(3)16/h4-9,12-13,16H,1-3H3. The monoisotopic (exact) mass is 214 g/mol. The van der Waals surface area contributed by atoms with Crippen molar-refractivity contribution in [3.63, 3.8) is 0 Å². The topological polar surface area (TPSA) is 20.2 Å². The van der Waals surface area contributed by atoms with Gasteiger partial charge in [-0.15, -0.1) is 0 Å². The summed E-state index contributed by atoms with van der Waals surface area (Å²) in [6.45, 7) is 6.12. The SMILES string of the molecule is CC1=C(C)C(c2ccccc2C(C)O)C=C1. The highest BCUT2D eigenvalue weighted by atomic mass is 16.3. The molecule has 0 bridgehead atoms. The zero-order valence-corrected chi connectivity index (χ0v) is 10.1. The number of benzene rings is 1. The van der Waals surface area contributed by atoms with Crippen molar-refractivity contribution in [1.82, 2.24) is 0 Å². The molecule has 84 valence electrons. The first-order chi connectivity index (χ1) is 7.61. The Bertz CT molecular complexity index is 452. The number of hydrogen-bond donors (Lipinski definition) is 1. The molecule has 1 N–H and O–H groups in total. The Kier molecular flexibility index (Phi) is 2.97. The van der Waals surface area contributed by atoms with Crippen LogP contribution in [0.4, 0.5) is 0 Å². The van der Waals surface area contributed by atoms with Gasteiger partial charge in [-0.2, -0.15) is 0 Å². The van der Waals surface area contributed by atoms with E-state index < -0.39 is 6.10 Å². The van der Waals surface area contributed by atoms with Crippen molar-refractivity contribution in [3.05, 3.63) is 58.7 Å². The molecule has 0 spiro atoms. The maximum Gasteiger partial charge on any atom is 0.0764 e. The summed E-state index contributed by atoms with van der Waals surface area (Å²) in [5.41, 5.74) is 4.98. The van der Waals surface area contributed by atoms with Crippen LogP contribution in [0.5, 0.6) is 0 Å². The van der Waals surface area contributed by atoms with E-state index >= 15 is 0 Å². The number of rotatable bonds is 2. The molecule has 2 atom stereocenters.